The Bertz CT molecular complexity index is 1160. The van der Waals surface area contributed by atoms with Crippen molar-refractivity contribution < 1.29 is 24.2 Å². The fraction of sp³-hybridized carbons (Fsp3) is 0.200. The molecule has 0 radical (unpaired) electrons. The SMILES string of the molecule is CNC(=O)c1ncccc1C[C@H](NC(=O)OCC1c2ccccc2-c2ccccc21)C(=O)O. The van der Waals surface area contributed by atoms with Crippen molar-refractivity contribution in [1.82, 2.24) is 15.6 Å². The van der Waals surface area contributed by atoms with Crippen LogP contribution in [0.25, 0.3) is 11.1 Å². The Kier molecular flexibility index (Phi) is 6.35. The summed E-state index contributed by atoms with van der Waals surface area (Å²) in [4.78, 5) is 40.3. The minimum Gasteiger partial charge on any atom is -0.480 e. The molecule has 1 heterocycles. The first-order valence-corrected chi connectivity index (χ1v) is 10.5. The molecular weight excluding hydrogens is 422 g/mol. The molecule has 0 fully saturated rings. The van der Waals surface area contributed by atoms with E-state index in [0.29, 0.717) is 5.56 Å². The molecule has 3 aromatic rings. The number of carboxylic acid groups (broad SMARTS) is 1. The van der Waals surface area contributed by atoms with Gasteiger partial charge in [0.15, 0.2) is 0 Å². The van der Waals surface area contributed by atoms with Gasteiger partial charge in [0, 0.05) is 25.6 Å². The predicted octanol–water partition coefficient (Wildman–Crippen LogP) is 2.98. The first kappa shape index (κ1) is 22.0. The van der Waals surface area contributed by atoms with Crippen LogP contribution in [0.15, 0.2) is 66.9 Å². The smallest absolute Gasteiger partial charge is 0.407 e. The van der Waals surface area contributed by atoms with E-state index >= 15 is 0 Å². The number of aromatic nitrogens is 1. The van der Waals surface area contributed by atoms with Crippen molar-refractivity contribution in [3.8, 4) is 11.1 Å². The van der Waals surface area contributed by atoms with Gasteiger partial charge in [-0.15, -0.1) is 0 Å². The topological polar surface area (TPSA) is 118 Å². The fourth-order valence-electron chi connectivity index (χ4n) is 4.13. The average Bonchev–Trinajstić information content (AvgIpc) is 3.16. The second-order valence-electron chi connectivity index (χ2n) is 7.66. The lowest BCUT2D eigenvalue weighted by atomic mass is 9.98. The van der Waals surface area contributed by atoms with E-state index in [-0.39, 0.29) is 24.6 Å². The number of nitrogens with one attached hydrogen (secondary N) is 2. The van der Waals surface area contributed by atoms with Crippen LogP contribution in [-0.4, -0.2) is 47.8 Å². The summed E-state index contributed by atoms with van der Waals surface area (Å²) in [6.45, 7) is 0.0720. The Morgan fingerprint density at radius 3 is 2.24 bits per heavy atom. The van der Waals surface area contributed by atoms with E-state index in [1.165, 1.54) is 13.2 Å². The highest BCUT2D eigenvalue weighted by Gasteiger charge is 2.30. The molecule has 2 amide bonds. The van der Waals surface area contributed by atoms with Crippen molar-refractivity contribution in [2.24, 2.45) is 0 Å². The van der Waals surface area contributed by atoms with Crippen molar-refractivity contribution in [2.45, 2.75) is 18.4 Å². The maximum Gasteiger partial charge on any atom is 0.407 e. The number of aliphatic carboxylic acids is 1. The van der Waals surface area contributed by atoms with Crippen LogP contribution in [0.5, 0.6) is 0 Å². The summed E-state index contributed by atoms with van der Waals surface area (Å²) >= 11 is 0. The third-order valence-corrected chi connectivity index (χ3v) is 5.69. The molecule has 33 heavy (non-hydrogen) atoms. The van der Waals surface area contributed by atoms with Crippen LogP contribution in [0, 0.1) is 0 Å². The number of carboxylic acids is 1. The summed E-state index contributed by atoms with van der Waals surface area (Å²) in [7, 11) is 1.46. The van der Waals surface area contributed by atoms with Gasteiger partial charge in [-0.05, 0) is 33.9 Å². The molecule has 8 heteroatoms. The van der Waals surface area contributed by atoms with Gasteiger partial charge >= 0.3 is 12.1 Å². The van der Waals surface area contributed by atoms with Crippen molar-refractivity contribution in [2.75, 3.05) is 13.7 Å². The molecule has 2 aromatic carbocycles. The fourth-order valence-corrected chi connectivity index (χ4v) is 4.13. The van der Waals surface area contributed by atoms with Crippen LogP contribution in [0.4, 0.5) is 4.79 Å². The number of nitrogens with zero attached hydrogens (tertiary/aromatic N) is 1. The van der Waals surface area contributed by atoms with Gasteiger partial charge in [-0.1, -0.05) is 54.6 Å². The maximum atomic E-state index is 12.5. The Balaban J connectivity index is 1.45. The van der Waals surface area contributed by atoms with Crippen LogP contribution in [0.2, 0.25) is 0 Å². The number of fused-ring (bicyclic) bond motifs is 3. The standard InChI is InChI=1S/C25H23N3O5/c1-26-23(29)22-15(7-6-12-27-22)13-21(24(30)31)28-25(32)33-14-20-18-10-4-2-8-16(18)17-9-3-5-11-19(17)20/h2-12,20-21H,13-14H2,1H3,(H,26,29)(H,28,32)(H,30,31)/t21-/m0/s1. The van der Waals surface area contributed by atoms with Gasteiger partial charge in [0.25, 0.3) is 5.91 Å². The Morgan fingerprint density at radius 2 is 1.64 bits per heavy atom. The molecule has 1 aliphatic rings. The molecule has 0 unspecified atom stereocenters. The number of hydrogen-bond acceptors (Lipinski definition) is 5. The minimum absolute atomic E-state index is 0.0720. The third kappa shape index (κ3) is 4.55. The Morgan fingerprint density at radius 1 is 1.00 bits per heavy atom. The molecule has 4 rings (SSSR count). The third-order valence-electron chi connectivity index (χ3n) is 5.69. The molecule has 0 spiro atoms. The van der Waals surface area contributed by atoms with Gasteiger partial charge in [-0.3, -0.25) is 9.78 Å². The number of carbonyl (C=O) groups is 3. The number of rotatable bonds is 7. The summed E-state index contributed by atoms with van der Waals surface area (Å²) in [5.74, 6) is -1.81. The predicted molar refractivity (Wildman–Crippen MR) is 121 cm³/mol. The van der Waals surface area contributed by atoms with E-state index in [1.54, 1.807) is 12.1 Å². The molecule has 3 N–H and O–H groups in total. The highest BCUT2D eigenvalue weighted by atomic mass is 16.5. The molecule has 0 bridgehead atoms. The van der Waals surface area contributed by atoms with Gasteiger partial charge in [0.05, 0.1) is 0 Å². The summed E-state index contributed by atoms with van der Waals surface area (Å²) in [6, 6.07) is 17.8. The van der Waals surface area contributed by atoms with Crippen LogP contribution in [0.1, 0.15) is 33.1 Å². The molecule has 0 saturated carbocycles. The zero-order valence-electron chi connectivity index (χ0n) is 17.9. The number of amides is 2. The Labute approximate surface area is 190 Å². The first-order valence-electron chi connectivity index (χ1n) is 10.5. The lowest BCUT2D eigenvalue weighted by Gasteiger charge is -2.18. The minimum atomic E-state index is -1.28. The van der Waals surface area contributed by atoms with E-state index in [0.717, 1.165) is 22.3 Å². The van der Waals surface area contributed by atoms with Crippen molar-refractivity contribution in [3.63, 3.8) is 0 Å². The molecule has 1 aliphatic carbocycles. The first-order chi connectivity index (χ1) is 16.0. The number of alkyl carbamates (subject to hydrolysis) is 1. The lowest BCUT2D eigenvalue weighted by Crippen LogP contribution is -2.43. The molecular formula is C25H23N3O5. The zero-order chi connectivity index (χ0) is 23.4. The molecule has 0 aliphatic heterocycles. The highest BCUT2D eigenvalue weighted by Crippen LogP contribution is 2.44. The van der Waals surface area contributed by atoms with E-state index in [2.05, 4.69) is 15.6 Å². The molecule has 8 nitrogen and oxygen atoms in total. The largest absolute Gasteiger partial charge is 0.480 e. The highest BCUT2D eigenvalue weighted by molar-refractivity contribution is 5.93. The maximum absolute atomic E-state index is 12.5. The van der Waals surface area contributed by atoms with Crippen LogP contribution >= 0.6 is 0 Å². The van der Waals surface area contributed by atoms with E-state index in [9.17, 15) is 19.5 Å². The molecule has 0 saturated heterocycles. The van der Waals surface area contributed by atoms with Gasteiger partial charge in [0.1, 0.15) is 18.3 Å². The van der Waals surface area contributed by atoms with E-state index in [4.69, 9.17) is 4.74 Å². The van der Waals surface area contributed by atoms with Gasteiger partial charge < -0.3 is 20.5 Å². The quantitative estimate of drug-likeness (QED) is 0.515. The van der Waals surface area contributed by atoms with Crippen molar-refractivity contribution >= 4 is 18.0 Å². The molecule has 1 atom stereocenters. The van der Waals surface area contributed by atoms with E-state index in [1.807, 2.05) is 48.5 Å². The molecule has 1 aromatic heterocycles. The second-order valence-corrected chi connectivity index (χ2v) is 7.66. The summed E-state index contributed by atoms with van der Waals surface area (Å²) in [5.41, 5.74) is 4.84. The molecule has 168 valence electrons. The van der Waals surface area contributed by atoms with Crippen molar-refractivity contribution in [3.05, 3.63) is 89.2 Å². The number of pyridine rings is 1. The normalized spacial score (nSPS) is 12.9. The zero-order valence-corrected chi connectivity index (χ0v) is 17.9. The number of ether oxygens (including phenoxy) is 1. The number of benzene rings is 2. The second kappa shape index (κ2) is 9.52. The van der Waals surface area contributed by atoms with Crippen LogP contribution < -0.4 is 10.6 Å². The summed E-state index contributed by atoms with van der Waals surface area (Å²) in [5, 5.41) is 14.5. The average molecular weight is 445 g/mol. The van der Waals surface area contributed by atoms with Gasteiger partial charge in [0.2, 0.25) is 0 Å². The summed E-state index contributed by atoms with van der Waals surface area (Å²) in [6.07, 6.45) is 0.494. The number of carbonyl (C=O) groups excluding carboxylic acids is 2. The number of hydrogen-bond donors (Lipinski definition) is 3. The van der Waals surface area contributed by atoms with Gasteiger partial charge in [-0.2, -0.15) is 0 Å². The van der Waals surface area contributed by atoms with Crippen LogP contribution in [0.3, 0.4) is 0 Å². The Hall–Kier alpha value is -4.20. The lowest BCUT2D eigenvalue weighted by molar-refractivity contribution is -0.139. The summed E-state index contributed by atoms with van der Waals surface area (Å²) < 4.78 is 5.45. The van der Waals surface area contributed by atoms with E-state index < -0.39 is 24.0 Å². The monoisotopic (exact) mass is 445 g/mol. The van der Waals surface area contributed by atoms with Crippen LogP contribution in [-0.2, 0) is 16.0 Å². The van der Waals surface area contributed by atoms with Crippen molar-refractivity contribution in [1.29, 1.82) is 0 Å². The van der Waals surface area contributed by atoms with Gasteiger partial charge in [-0.25, -0.2) is 9.59 Å².